The zero-order valence-electron chi connectivity index (χ0n) is 24.3. The van der Waals surface area contributed by atoms with Crippen LogP contribution in [0.4, 0.5) is 0 Å². The molecule has 0 fully saturated rings. The van der Waals surface area contributed by atoms with E-state index in [0.717, 1.165) is 27.4 Å². The molecule has 7 aromatic carbocycles. The summed E-state index contributed by atoms with van der Waals surface area (Å²) in [6.45, 7) is 0. The molecule has 0 saturated heterocycles. The number of pyridine rings is 2. The standard InChI is InChI=1S/C42H25N3/c1-2-11-29(12-3-1)45-38-19-17-27(35-24-28-10-8-21-44-41(28)37-25-43-22-20-32(35)37)23-36(38)40-33-15-7-6-14-31(33)34-18-16-26-9-4-5-13-30(26)39(34)42(40)45/h1-25H. The van der Waals surface area contributed by atoms with E-state index in [1.807, 2.05) is 24.7 Å². The van der Waals surface area contributed by atoms with Crippen molar-refractivity contribution in [1.29, 1.82) is 0 Å². The lowest BCUT2D eigenvalue weighted by molar-refractivity contribution is 1.19. The van der Waals surface area contributed by atoms with Gasteiger partial charge in [-0.05, 0) is 85.9 Å². The van der Waals surface area contributed by atoms with Gasteiger partial charge in [0.05, 0.1) is 16.6 Å². The number of benzene rings is 7. The Morgan fingerprint density at radius 3 is 2.13 bits per heavy atom. The largest absolute Gasteiger partial charge is 0.309 e. The van der Waals surface area contributed by atoms with Crippen molar-refractivity contribution in [2.24, 2.45) is 0 Å². The summed E-state index contributed by atoms with van der Waals surface area (Å²) in [4.78, 5) is 9.19. The van der Waals surface area contributed by atoms with Crippen molar-refractivity contribution in [3.05, 3.63) is 152 Å². The minimum atomic E-state index is 0.982. The quantitative estimate of drug-likeness (QED) is 0.193. The predicted molar refractivity (Wildman–Crippen MR) is 189 cm³/mol. The van der Waals surface area contributed by atoms with Crippen LogP contribution in [0.5, 0.6) is 0 Å². The SMILES string of the molecule is c1ccc(-n2c3ccc(-c4cc5cccnc5c5cnccc45)cc3c3c4ccccc4c4ccc5ccccc5c4c32)cc1. The summed E-state index contributed by atoms with van der Waals surface area (Å²) in [5, 5.41) is 13.5. The first kappa shape index (κ1) is 24.4. The van der Waals surface area contributed by atoms with Crippen LogP contribution in [0.25, 0.3) is 92.6 Å². The monoisotopic (exact) mass is 571 g/mol. The molecule has 3 nitrogen and oxygen atoms in total. The van der Waals surface area contributed by atoms with Crippen LogP contribution in [-0.2, 0) is 0 Å². The van der Waals surface area contributed by atoms with Crippen LogP contribution >= 0.6 is 0 Å². The molecule has 10 rings (SSSR count). The van der Waals surface area contributed by atoms with Crippen molar-refractivity contribution in [3.8, 4) is 16.8 Å². The minimum Gasteiger partial charge on any atom is -0.309 e. The summed E-state index contributed by atoms with van der Waals surface area (Å²) >= 11 is 0. The van der Waals surface area contributed by atoms with Crippen molar-refractivity contribution in [2.75, 3.05) is 0 Å². The van der Waals surface area contributed by atoms with Crippen molar-refractivity contribution in [2.45, 2.75) is 0 Å². The van der Waals surface area contributed by atoms with Crippen LogP contribution < -0.4 is 0 Å². The third-order valence-corrected chi connectivity index (χ3v) is 9.45. The fraction of sp³-hybridized carbons (Fsp3) is 0. The fourth-order valence-electron chi connectivity index (χ4n) is 7.55. The van der Waals surface area contributed by atoms with E-state index < -0.39 is 0 Å². The smallest absolute Gasteiger partial charge is 0.0796 e. The summed E-state index contributed by atoms with van der Waals surface area (Å²) in [5.41, 5.74) is 6.94. The summed E-state index contributed by atoms with van der Waals surface area (Å²) in [5.74, 6) is 0. The van der Waals surface area contributed by atoms with Gasteiger partial charge in [-0.25, -0.2) is 0 Å². The first-order chi connectivity index (χ1) is 22.3. The van der Waals surface area contributed by atoms with Crippen LogP contribution in [0.15, 0.2) is 152 Å². The van der Waals surface area contributed by atoms with Crippen molar-refractivity contribution >= 4 is 75.8 Å². The molecule has 0 bridgehead atoms. The molecular weight excluding hydrogens is 546 g/mol. The van der Waals surface area contributed by atoms with Crippen molar-refractivity contribution in [1.82, 2.24) is 14.5 Å². The van der Waals surface area contributed by atoms with Gasteiger partial charge in [-0.2, -0.15) is 0 Å². The highest BCUT2D eigenvalue weighted by Gasteiger charge is 2.21. The summed E-state index contributed by atoms with van der Waals surface area (Å²) in [6, 6.07) is 48.6. The molecule has 10 aromatic rings. The maximum absolute atomic E-state index is 4.72. The maximum atomic E-state index is 4.72. The van der Waals surface area contributed by atoms with Crippen LogP contribution in [-0.4, -0.2) is 14.5 Å². The fourth-order valence-corrected chi connectivity index (χ4v) is 7.55. The number of hydrogen-bond donors (Lipinski definition) is 0. The number of hydrogen-bond acceptors (Lipinski definition) is 2. The first-order valence-corrected chi connectivity index (χ1v) is 15.3. The highest BCUT2D eigenvalue weighted by atomic mass is 15.0. The van der Waals surface area contributed by atoms with Gasteiger partial charge < -0.3 is 4.57 Å². The molecule has 0 aliphatic carbocycles. The van der Waals surface area contributed by atoms with Crippen LogP contribution in [0.1, 0.15) is 0 Å². The van der Waals surface area contributed by atoms with Crippen molar-refractivity contribution < 1.29 is 0 Å². The van der Waals surface area contributed by atoms with Gasteiger partial charge in [-0.15, -0.1) is 0 Å². The van der Waals surface area contributed by atoms with Gasteiger partial charge in [0.25, 0.3) is 0 Å². The predicted octanol–water partition coefficient (Wildman–Crippen LogP) is 11.0. The molecule has 45 heavy (non-hydrogen) atoms. The molecular formula is C42H25N3. The Morgan fingerprint density at radius 1 is 0.467 bits per heavy atom. The molecule has 208 valence electrons. The Kier molecular flexibility index (Phi) is 5.00. The number of fused-ring (bicyclic) bond motifs is 13. The number of nitrogens with zero attached hydrogens (tertiary/aromatic N) is 3. The molecule has 3 heteroatoms. The van der Waals surface area contributed by atoms with Gasteiger partial charge >= 0.3 is 0 Å². The topological polar surface area (TPSA) is 30.7 Å². The van der Waals surface area contributed by atoms with E-state index in [1.165, 1.54) is 65.3 Å². The lowest BCUT2D eigenvalue weighted by atomic mass is 9.92. The number of para-hydroxylation sites is 1. The summed E-state index contributed by atoms with van der Waals surface area (Å²) in [7, 11) is 0. The van der Waals surface area contributed by atoms with Gasteiger partial charge in [0, 0.05) is 51.2 Å². The normalized spacial score (nSPS) is 12.0. The van der Waals surface area contributed by atoms with Gasteiger partial charge in [-0.1, -0.05) is 91.0 Å². The third kappa shape index (κ3) is 3.41. The molecule has 0 unspecified atom stereocenters. The molecule has 0 atom stereocenters. The van der Waals surface area contributed by atoms with Gasteiger partial charge in [0.2, 0.25) is 0 Å². The van der Waals surface area contributed by atoms with Gasteiger partial charge in [0.1, 0.15) is 0 Å². The average Bonchev–Trinajstić information content (AvgIpc) is 3.46. The van der Waals surface area contributed by atoms with Crippen LogP contribution in [0, 0.1) is 0 Å². The Hall–Kier alpha value is -6.06. The zero-order chi connectivity index (χ0) is 29.5. The highest BCUT2D eigenvalue weighted by molar-refractivity contribution is 6.36. The second-order valence-corrected chi connectivity index (χ2v) is 11.8. The first-order valence-electron chi connectivity index (χ1n) is 15.3. The van der Waals surface area contributed by atoms with Crippen LogP contribution in [0.3, 0.4) is 0 Å². The van der Waals surface area contributed by atoms with E-state index in [9.17, 15) is 0 Å². The number of aromatic nitrogens is 3. The Bertz CT molecular complexity index is 2810. The molecule has 0 radical (unpaired) electrons. The Labute approximate surface area is 258 Å². The Balaban J connectivity index is 1.44. The van der Waals surface area contributed by atoms with E-state index in [-0.39, 0.29) is 0 Å². The van der Waals surface area contributed by atoms with E-state index >= 15 is 0 Å². The molecule has 0 amide bonds. The van der Waals surface area contributed by atoms with E-state index in [4.69, 9.17) is 4.98 Å². The molecule has 0 aliphatic heterocycles. The summed E-state index contributed by atoms with van der Waals surface area (Å²) < 4.78 is 2.47. The Morgan fingerprint density at radius 2 is 1.22 bits per heavy atom. The van der Waals surface area contributed by atoms with E-state index in [2.05, 4.69) is 137 Å². The second kappa shape index (κ2) is 9.22. The lowest BCUT2D eigenvalue weighted by Crippen LogP contribution is -1.95. The van der Waals surface area contributed by atoms with Crippen molar-refractivity contribution in [3.63, 3.8) is 0 Å². The molecule has 3 aromatic heterocycles. The average molecular weight is 572 g/mol. The molecule has 0 aliphatic rings. The third-order valence-electron chi connectivity index (χ3n) is 9.45. The van der Waals surface area contributed by atoms with Gasteiger partial charge in [0.15, 0.2) is 0 Å². The molecule has 3 heterocycles. The van der Waals surface area contributed by atoms with E-state index in [0.29, 0.717) is 0 Å². The lowest BCUT2D eigenvalue weighted by Gasteiger charge is -2.14. The second-order valence-electron chi connectivity index (χ2n) is 11.8. The zero-order valence-corrected chi connectivity index (χ0v) is 24.3. The molecule has 0 spiro atoms. The molecule has 0 N–H and O–H groups in total. The minimum absolute atomic E-state index is 0.982. The van der Waals surface area contributed by atoms with E-state index in [1.54, 1.807) is 0 Å². The van der Waals surface area contributed by atoms with Crippen LogP contribution in [0.2, 0.25) is 0 Å². The maximum Gasteiger partial charge on any atom is 0.0796 e. The number of rotatable bonds is 2. The summed E-state index contributed by atoms with van der Waals surface area (Å²) in [6.07, 6.45) is 5.68. The molecule has 0 saturated carbocycles. The highest BCUT2D eigenvalue weighted by Crippen LogP contribution is 2.46. The van der Waals surface area contributed by atoms with Gasteiger partial charge in [-0.3, -0.25) is 9.97 Å².